The van der Waals surface area contributed by atoms with Crippen molar-refractivity contribution in [2.24, 2.45) is 0 Å². The highest BCUT2D eigenvalue weighted by Crippen LogP contribution is 2.24. The van der Waals surface area contributed by atoms with E-state index in [0.717, 1.165) is 9.37 Å². The quantitative estimate of drug-likeness (QED) is 0.624. The summed E-state index contributed by atoms with van der Waals surface area (Å²) in [4.78, 5) is 13.0. The number of halogens is 1. The molecule has 0 spiro atoms. The van der Waals surface area contributed by atoms with E-state index in [9.17, 15) is 4.79 Å². The lowest BCUT2D eigenvalue weighted by atomic mass is 10.3. The monoisotopic (exact) mass is 366 g/mol. The van der Waals surface area contributed by atoms with E-state index in [0.29, 0.717) is 17.1 Å². The van der Waals surface area contributed by atoms with E-state index in [1.165, 1.54) is 0 Å². The average molecular weight is 367 g/mol. The molecule has 0 aliphatic heterocycles. The van der Waals surface area contributed by atoms with Gasteiger partial charge in [-0.25, -0.2) is 0 Å². The van der Waals surface area contributed by atoms with Crippen LogP contribution >= 0.6 is 27.7 Å². The number of carbonyl (C=O) groups excluding carboxylic acids is 1. The number of nitrogens with two attached hydrogens (primary N) is 1. The minimum atomic E-state index is -0.227. The molecule has 0 saturated carbocycles. The third kappa shape index (κ3) is 4.68. The first kappa shape index (κ1) is 15.7. The van der Waals surface area contributed by atoms with Crippen LogP contribution < -0.4 is 15.8 Å². The van der Waals surface area contributed by atoms with Gasteiger partial charge >= 0.3 is 0 Å². The van der Waals surface area contributed by atoms with Gasteiger partial charge in [0.25, 0.3) is 5.91 Å². The maximum absolute atomic E-state index is 11.9. The minimum absolute atomic E-state index is 0.0462. The third-order valence-electron chi connectivity index (χ3n) is 2.70. The summed E-state index contributed by atoms with van der Waals surface area (Å²) in [6.07, 6.45) is 2.01. The first-order valence-corrected chi connectivity index (χ1v) is 8.22. The largest absolute Gasteiger partial charge is 0.484 e. The molecule has 0 saturated heterocycles. The summed E-state index contributed by atoms with van der Waals surface area (Å²) in [5.74, 6) is 0.439. The average Bonchev–Trinajstić information content (AvgIpc) is 2.48. The van der Waals surface area contributed by atoms with Gasteiger partial charge in [0.05, 0.1) is 5.69 Å². The molecule has 0 atom stereocenters. The van der Waals surface area contributed by atoms with Crippen LogP contribution in [0.1, 0.15) is 0 Å². The number of ether oxygens (including phenoxy) is 1. The van der Waals surface area contributed by atoms with Crippen molar-refractivity contribution in [1.82, 2.24) is 0 Å². The zero-order chi connectivity index (χ0) is 15.2. The molecule has 0 aliphatic carbocycles. The highest BCUT2D eigenvalue weighted by atomic mass is 79.9. The summed E-state index contributed by atoms with van der Waals surface area (Å²) < 4.78 is 6.18. The summed E-state index contributed by atoms with van der Waals surface area (Å²) in [6, 6.07) is 12.8. The van der Waals surface area contributed by atoms with E-state index >= 15 is 0 Å². The Morgan fingerprint density at radius 1 is 1.29 bits per heavy atom. The van der Waals surface area contributed by atoms with Crippen LogP contribution in [0.15, 0.2) is 51.8 Å². The van der Waals surface area contributed by atoms with Crippen LogP contribution in [-0.2, 0) is 4.79 Å². The zero-order valence-corrected chi connectivity index (χ0v) is 13.8. The zero-order valence-electron chi connectivity index (χ0n) is 11.4. The second-order valence-electron chi connectivity index (χ2n) is 4.25. The lowest BCUT2D eigenvalue weighted by Crippen LogP contribution is -2.20. The third-order valence-corrected chi connectivity index (χ3v) is 4.10. The molecule has 2 aromatic rings. The number of carbonyl (C=O) groups is 1. The molecule has 0 heterocycles. The number of nitrogens with one attached hydrogen (secondary N) is 1. The van der Waals surface area contributed by atoms with Gasteiger partial charge in [0.2, 0.25) is 0 Å². The fourth-order valence-electron chi connectivity index (χ4n) is 1.64. The fourth-order valence-corrected chi connectivity index (χ4v) is 2.54. The van der Waals surface area contributed by atoms with Crippen LogP contribution in [0.2, 0.25) is 0 Å². The number of amides is 1. The van der Waals surface area contributed by atoms with Gasteiger partial charge in [0, 0.05) is 15.1 Å². The lowest BCUT2D eigenvalue weighted by molar-refractivity contribution is -0.118. The Bertz CT molecular complexity index is 632. The molecule has 2 aromatic carbocycles. The van der Waals surface area contributed by atoms with Crippen LogP contribution in [0.4, 0.5) is 11.4 Å². The molecule has 0 radical (unpaired) electrons. The molecule has 2 rings (SSSR count). The Hall–Kier alpha value is -1.66. The van der Waals surface area contributed by atoms with E-state index in [1.54, 1.807) is 30.0 Å². The number of benzene rings is 2. The van der Waals surface area contributed by atoms with Crippen molar-refractivity contribution in [2.75, 3.05) is 23.9 Å². The van der Waals surface area contributed by atoms with Crippen LogP contribution in [0.5, 0.6) is 5.75 Å². The molecule has 4 nitrogen and oxygen atoms in total. The van der Waals surface area contributed by atoms with Crippen molar-refractivity contribution >= 4 is 45.0 Å². The van der Waals surface area contributed by atoms with Gasteiger partial charge in [-0.1, -0.05) is 0 Å². The Morgan fingerprint density at radius 2 is 2.00 bits per heavy atom. The predicted octanol–water partition coefficient (Wildman–Crippen LogP) is 3.77. The van der Waals surface area contributed by atoms with Gasteiger partial charge in [-0.05, 0) is 64.7 Å². The van der Waals surface area contributed by atoms with Gasteiger partial charge in [-0.2, -0.15) is 0 Å². The van der Waals surface area contributed by atoms with Crippen LogP contribution in [0.25, 0.3) is 0 Å². The molecule has 3 N–H and O–H groups in total. The Labute approximate surface area is 136 Å². The second-order valence-corrected chi connectivity index (χ2v) is 5.99. The molecule has 1 amide bonds. The first-order chi connectivity index (χ1) is 10.1. The highest BCUT2D eigenvalue weighted by molar-refractivity contribution is 9.10. The SMILES string of the molecule is CSc1ccc(OCC(=O)Nc2ccc(N)cc2Br)cc1. The van der Waals surface area contributed by atoms with E-state index in [1.807, 2.05) is 30.5 Å². The Balaban J connectivity index is 1.89. The normalized spacial score (nSPS) is 10.2. The van der Waals surface area contributed by atoms with Crippen molar-refractivity contribution in [3.8, 4) is 5.75 Å². The molecule has 0 bridgehead atoms. The Kier molecular flexibility index (Phi) is 5.52. The molecule has 0 fully saturated rings. The fraction of sp³-hybridized carbons (Fsp3) is 0.133. The molecule has 6 heteroatoms. The van der Waals surface area contributed by atoms with Crippen molar-refractivity contribution in [3.63, 3.8) is 0 Å². The molecule has 0 aliphatic rings. The van der Waals surface area contributed by atoms with Crippen LogP contribution in [-0.4, -0.2) is 18.8 Å². The second kappa shape index (κ2) is 7.38. The Morgan fingerprint density at radius 3 is 2.62 bits per heavy atom. The summed E-state index contributed by atoms with van der Waals surface area (Å²) >= 11 is 5.01. The van der Waals surface area contributed by atoms with Gasteiger partial charge < -0.3 is 15.8 Å². The number of hydrogen-bond acceptors (Lipinski definition) is 4. The number of anilines is 2. The van der Waals surface area contributed by atoms with E-state index < -0.39 is 0 Å². The number of nitrogen functional groups attached to an aromatic ring is 1. The molecule has 110 valence electrons. The first-order valence-electron chi connectivity index (χ1n) is 6.20. The molecule has 0 aromatic heterocycles. The number of hydrogen-bond donors (Lipinski definition) is 2. The van der Waals surface area contributed by atoms with Gasteiger partial charge in [-0.15, -0.1) is 11.8 Å². The van der Waals surface area contributed by atoms with E-state index in [2.05, 4.69) is 21.2 Å². The van der Waals surface area contributed by atoms with Crippen molar-refractivity contribution in [1.29, 1.82) is 0 Å². The predicted molar refractivity (Wildman–Crippen MR) is 90.9 cm³/mol. The number of rotatable bonds is 5. The van der Waals surface area contributed by atoms with E-state index in [-0.39, 0.29) is 12.5 Å². The molecular formula is C15H15BrN2O2S. The topological polar surface area (TPSA) is 64.3 Å². The van der Waals surface area contributed by atoms with Gasteiger partial charge in [0.1, 0.15) is 5.75 Å². The summed E-state index contributed by atoms with van der Waals surface area (Å²) in [6.45, 7) is -0.0462. The number of thioether (sulfide) groups is 1. The molecular weight excluding hydrogens is 352 g/mol. The summed E-state index contributed by atoms with van der Waals surface area (Å²) in [5, 5.41) is 2.76. The summed E-state index contributed by atoms with van der Waals surface area (Å²) in [7, 11) is 0. The van der Waals surface area contributed by atoms with E-state index in [4.69, 9.17) is 10.5 Å². The van der Waals surface area contributed by atoms with Crippen molar-refractivity contribution in [3.05, 3.63) is 46.9 Å². The standard InChI is InChI=1S/C15H15BrN2O2S/c1-21-12-5-3-11(4-6-12)20-9-15(19)18-14-7-2-10(17)8-13(14)16/h2-8H,9,17H2,1H3,(H,18,19). The molecule has 21 heavy (non-hydrogen) atoms. The summed E-state index contributed by atoms with van der Waals surface area (Å²) in [5.41, 5.74) is 6.94. The smallest absolute Gasteiger partial charge is 0.262 e. The maximum Gasteiger partial charge on any atom is 0.262 e. The van der Waals surface area contributed by atoms with Crippen molar-refractivity contribution < 1.29 is 9.53 Å². The van der Waals surface area contributed by atoms with Crippen molar-refractivity contribution in [2.45, 2.75) is 4.90 Å². The van der Waals surface area contributed by atoms with Crippen LogP contribution in [0, 0.1) is 0 Å². The minimum Gasteiger partial charge on any atom is -0.484 e. The van der Waals surface area contributed by atoms with Gasteiger partial charge in [-0.3, -0.25) is 4.79 Å². The lowest BCUT2D eigenvalue weighted by Gasteiger charge is -2.09. The highest BCUT2D eigenvalue weighted by Gasteiger charge is 2.07. The maximum atomic E-state index is 11.9. The van der Waals surface area contributed by atoms with Crippen LogP contribution in [0.3, 0.4) is 0 Å². The molecule has 0 unspecified atom stereocenters. The van der Waals surface area contributed by atoms with Gasteiger partial charge in [0.15, 0.2) is 6.61 Å².